The van der Waals surface area contributed by atoms with Crippen LogP contribution in [0.15, 0.2) is 36.4 Å². The van der Waals surface area contributed by atoms with E-state index in [1.807, 2.05) is 0 Å². The van der Waals surface area contributed by atoms with Gasteiger partial charge in [-0.3, -0.25) is 9.59 Å². The molecule has 3 aliphatic carbocycles. The monoisotopic (exact) mass is 524 g/mol. The highest BCUT2D eigenvalue weighted by Crippen LogP contribution is 2.47. The summed E-state index contributed by atoms with van der Waals surface area (Å²) in [5, 5.41) is 16.7. The van der Waals surface area contributed by atoms with Gasteiger partial charge in [0.15, 0.2) is 24.8 Å². The molecule has 2 aromatic rings. The Balaban J connectivity index is 1.28. The van der Waals surface area contributed by atoms with E-state index in [1.54, 1.807) is 0 Å². The summed E-state index contributed by atoms with van der Waals surface area (Å²) in [5.74, 6) is -1.53. The molecule has 11 heteroatoms. The van der Waals surface area contributed by atoms with Crippen molar-refractivity contribution in [2.75, 3.05) is 20.3 Å². The van der Waals surface area contributed by atoms with Gasteiger partial charge in [0.2, 0.25) is 0 Å². The second-order valence-electron chi connectivity index (χ2n) is 9.20. The van der Waals surface area contributed by atoms with Gasteiger partial charge in [-0.05, 0) is 56.4 Å². The van der Waals surface area contributed by atoms with Crippen LogP contribution in [0.4, 0.5) is 8.78 Å². The molecule has 0 unspecified atom stereocenters. The van der Waals surface area contributed by atoms with Crippen molar-refractivity contribution in [3.05, 3.63) is 53.1 Å². The third-order valence-corrected chi connectivity index (χ3v) is 7.17. The van der Waals surface area contributed by atoms with Gasteiger partial charge >= 0.3 is 0 Å². The van der Waals surface area contributed by atoms with Crippen LogP contribution < -0.4 is 24.8 Å². The molecule has 194 valence electrons. The predicted octanol–water partition coefficient (Wildman–Crippen LogP) is 3.13. The maximum Gasteiger partial charge on any atom is 0.258 e. The molecule has 0 saturated heterocycles. The minimum absolute atomic E-state index is 0.00519. The number of carbonyl (C=O) groups is 2. The van der Waals surface area contributed by atoms with E-state index >= 15 is 0 Å². The number of aliphatic hydroxyl groups is 1. The number of benzene rings is 2. The Morgan fingerprint density at radius 1 is 0.972 bits per heavy atom. The predicted molar refractivity (Wildman–Crippen MR) is 126 cm³/mol. The Morgan fingerprint density at radius 3 is 2.19 bits per heavy atom. The number of halogens is 3. The highest BCUT2D eigenvalue weighted by molar-refractivity contribution is 6.30. The van der Waals surface area contributed by atoms with Gasteiger partial charge < -0.3 is 30.0 Å². The van der Waals surface area contributed by atoms with Gasteiger partial charge in [-0.1, -0.05) is 11.6 Å². The minimum Gasteiger partial charge on any atom is -0.494 e. The second kappa shape index (κ2) is 10.5. The van der Waals surface area contributed by atoms with Gasteiger partial charge in [0, 0.05) is 17.7 Å². The maximum atomic E-state index is 13.6. The third-order valence-electron chi connectivity index (χ3n) is 6.87. The number of amides is 2. The fourth-order valence-corrected chi connectivity index (χ4v) is 5.02. The highest BCUT2D eigenvalue weighted by Gasteiger charge is 2.55. The molecule has 1 atom stereocenters. The van der Waals surface area contributed by atoms with Gasteiger partial charge in [0.05, 0.1) is 23.8 Å². The van der Waals surface area contributed by atoms with Gasteiger partial charge in [-0.2, -0.15) is 0 Å². The van der Waals surface area contributed by atoms with Gasteiger partial charge in [0.25, 0.3) is 11.8 Å². The Morgan fingerprint density at radius 2 is 1.58 bits per heavy atom. The van der Waals surface area contributed by atoms with Crippen molar-refractivity contribution in [3.8, 4) is 17.2 Å². The maximum absolute atomic E-state index is 13.6. The van der Waals surface area contributed by atoms with Crippen LogP contribution in [0, 0.1) is 11.6 Å². The van der Waals surface area contributed by atoms with Crippen LogP contribution in [-0.4, -0.2) is 54.4 Å². The summed E-state index contributed by atoms with van der Waals surface area (Å²) < 4.78 is 42.8. The first kappa shape index (κ1) is 26.0. The first-order valence-corrected chi connectivity index (χ1v) is 11.9. The number of methoxy groups -OCH3 is 1. The molecule has 36 heavy (non-hydrogen) atoms. The summed E-state index contributed by atoms with van der Waals surface area (Å²) >= 11 is 5.65. The van der Waals surface area contributed by atoms with Gasteiger partial charge in [-0.15, -0.1) is 0 Å². The number of aliphatic hydroxyl groups excluding tert-OH is 1. The van der Waals surface area contributed by atoms with E-state index in [0.717, 1.165) is 6.07 Å². The molecule has 0 heterocycles. The van der Waals surface area contributed by atoms with Crippen molar-refractivity contribution < 1.29 is 37.7 Å². The summed E-state index contributed by atoms with van der Waals surface area (Å²) in [6, 6.07) is 7.84. The summed E-state index contributed by atoms with van der Waals surface area (Å²) in [4.78, 5) is 25.1. The van der Waals surface area contributed by atoms with E-state index in [9.17, 15) is 23.5 Å². The molecular weight excluding hydrogens is 498 g/mol. The largest absolute Gasteiger partial charge is 0.494 e. The minimum atomic E-state index is -0.874. The van der Waals surface area contributed by atoms with Crippen molar-refractivity contribution >= 4 is 23.4 Å². The standard InChI is InChI=1S/C25H27ClF2N2O6/c1-34-20-11-16(3-5-18(20)27)36-14-23(33)30-25-8-6-24(7-9-25,12-21(25)31)29-22(32)13-35-15-2-4-17(26)19(28)10-15/h2-5,10-11,21,31H,6-9,12-14H2,1H3,(H,29,32)(H,30,33)/t21-,24?,25?/m0/s1. The van der Waals surface area contributed by atoms with Crippen LogP contribution in [0.1, 0.15) is 32.1 Å². The Bertz CT molecular complexity index is 1140. The Kier molecular flexibility index (Phi) is 7.56. The SMILES string of the molecule is COc1cc(OCC(=O)NC23CCC(NC(=O)COc4ccc(Cl)c(F)c4)(CC2)C[C@@H]3O)ccc1F. The summed E-state index contributed by atoms with van der Waals surface area (Å²) in [6.45, 7) is -0.625. The van der Waals surface area contributed by atoms with Crippen LogP contribution in [0.25, 0.3) is 0 Å². The fraction of sp³-hybridized carbons (Fsp3) is 0.440. The van der Waals surface area contributed by atoms with E-state index in [2.05, 4.69) is 10.6 Å². The van der Waals surface area contributed by atoms with E-state index < -0.39 is 34.7 Å². The fourth-order valence-electron chi connectivity index (χ4n) is 4.90. The van der Waals surface area contributed by atoms with Crippen molar-refractivity contribution in [2.24, 2.45) is 0 Å². The number of hydrogen-bond acceptors (Lipinski definition) is 6. The van der Waals surface area contributed by atoms with Crippen LogP contribution in [0.5, 0.6) is 17.2 Å². The normalized spacial score (nSPS) is 24.6. The smallest absolute Gasteiger partial charge is 0.258 e. The van der Waals surface area contributed by atoms with Crippen LogP contribution in [0.3, 0.4) is 0 Å². The van der Waals surface area contributed by atoms with Gasteiger partial charge in [0.1, 0.15) is 17.3 Å². The molecule has 8 nitrogen and oxygen atoms in total. The molecule has 3 saturated carbocycles. The Labute approximate surface area is 211 Å². The summed E-state index contributed by atoms with van der Waals surface area (Å²) in [7, 11) is 1.33. The molecule has 0 aliphatic heterocycles. The average Bonchev–Trinajstić information content (AvgIpc) is 2.85. The number of hydrogen-bond donors (Lipinski definition) is 3. The zero-order chi connectivity index (χ0) is 25.9. The van der Waals surface area contributed by atoms with Crippen molar-refractivity contribution in [1.82, 2.24) is 10.6 Å². The first-order chi connectivity index (χ1) is 17.1. The van der Waals surface area contributed by atoms with Crippen LogP contribution in [-0.2, 0) is 9.59 Å². The van der Waals surface area contributed by atoms with Crippen molar-refractivity contribution in [2.45, 2.75) is 49.3 Å². The molecule has 3 fully saturated rings. The summed E-state index contributed by atoms with van der Waals surface area (Å²) in [6.07, 6.45) is 1.44. The lowest BCUT2D eigenvalue weighted by Gasteiger charge is -2.56. The number of ether oxygens (including phenoxy) is 3. The van der Waals surface area contributed by atoms with Crippen molar-refractivity contribution in [1.29, 1.82) is 0 Å². The lowest BCUT2D eigenvalue weighted by Crippen LogP contribution is -2.70. The lowest BCUT2D eigenvalue weighted by molar-refractivity contribution is -0.137. The Hall–Kier alpha value is -3.11. The quantitative estimate of drug-likeness (QED) is 0.465. The summed E-state index contributed by atoms with van der Waals surface area (Å²) in [5.41, 5.74) is -1.43. The number of rotatable bonds is 9. The van der Waals surface area contributed by atoms with E-state index in [4.69, 9.17) is 25.8 Å². The van der Waals surface area contributed by atoms with Crippen molar-refractivity contribution in [3.63, 3.8) is 0 Å². The molecule has 2 bridgehead atoms. The molecule has 3 N–H and O–H groups in total. The molecule has 5 rings (SSSR count). The van der Waals surface area contributed by atoms with E-state index in [-0.39, 0.29) is 47.8 Å². The van der Waals surface area contributed by atoms with Crippen LogP contribution >= 0.6 is 11.6 Å². The molecule has 0 spiro atoms. The molecule has 2 amide bonds. The number of carbonyl (C=O) groups excluding carboxylic acids is 2. The molecule has 3 aliphatic rings. The third kappa shape index (κ3) is 5.65. The molecule has 2 aromatic carbocycles. The zero-order valence-electron chi connectivity index (χ0n) is 19.6. The number of fused-ring (bicyclic) bond motifs is 3. The first-order valence-electron chi connectivity index (χ1n) is 11.5. The topological polar surface area (TPSA) is 106 Å². The van der Waals surface area contributed by atoms with Crippen LogP contribution in [0.2, 0.25) is 5.02 Å². The molecule has 0 radical (unpaired) electrons. The zero-order valence-corrected chi connectivity index (χ0v) is 20.4. The molecular formula is C25H27ClF2N2O6. The van der Waals surface area contributed by atoms with E-state index in [0.29, 0.717) is 25.7 Å². The highest BCUT2D eigenvalue weighted by atomic mass is 35.5. The van der Waals surface area contributed by atoms with Gasteiger partial charge in [-0.25, -0.2) is 8.78 Å². The average molecular weight is 525 g/mol. The number of nitrogens with one attached hydrogen (secondary N) is 2. The lowest BCUT2D eigenvalue weighted by atomic mass is 9.60. The van der Waals surface area contributed by atoms with E-state index in [1.165, 1.54) is 37.4 Å². The molecule has 0 aromatic heterocycles. The second-order valence-corrected chi connectivity index (χ2v) is 9.61.